The largest absolute Gasteiger partial charge is 0.399 e. The molecule has 0 radical (unpaired) electrons. The Morgan fingerprint density at radius 1 is 1.20 bits per heavy atom. The first kappa shape index (κ1) is 14.0. The van der Waals surface area contributed by atoms with Gasteiger partial charge in [0, 0.05) is 11.8 Å². The van der Waals surface area contributed by atoms with Gasteiger partial charge in [-0.2, -0.15) is 0 Å². The summed E-state index contributed by atoms with van der Waals surface area (Å²) in [4.78, 5) is 11.9. The lowest BCUT2D eigenvalue weighted by Crippen LogP contribution is -2.27. The number of carbonyl (C=O) groups is 1. The van der Waals surface area contributed by atoms with Crippen molar-refractivity contribution in [1.82, 2.24) is 5.32 Å². The van der Waals surface area contributed by atoms with Crippen LogP contribution in [-0.2, 0) is 0 Å². The molecule has 2 aromatic carbocycles. The fourth-order valence-corrected chi connectivity index (χ4v) is 1.86. The minimum atomic E-state index is -0.887. The van der Waals surface area contributed by atoms with Crippen LogP contribution in [0.2, 0.25) is 0 Å². The lowest BCUT2D eigenvalue weighted by Gasteiger charge is -2.15. The van der Waals surface area contributed by atoms with Crippen molar-refractivity contribution in [3.8, 4) is 0 Å². The van der Waals surface area contributed by atoms with Crippen LogP contribution in [0, 0.1) is 11.6 Å². The Kier molecular flexibility index (Phi) is 3.98. The van der Waals surface area contributed by atoms with Crippen LogP contribution < -0.4 is 11.1 Å². The lowest BCUT2D eigenvalue weighted by molar-refractivity contribution is 0.0935. The van der Waals surface area contributed by atoms with E-state index in [-0.39, 0.29) is 11.6 Å². The van der Waals surface area contributed by atoms with Crippen LogP contribution in [0.1, 0.15) is 28.9 Å². The van der Waals surface area contributed by atoms with E-state index >= 15 is 0 Å². The Labute approximate surface area is 115 Å². The lowest BCUT2D eigenvalue weighted by atomic mass is 10.1. The molecule has 0 saturated carbocycles. The van der Waals surface area contributed by atoms with Crippen molar-refractivity contribution in [3.05, 3.63) is 65.2 Å². The van der Waals surface area contributed by atoms with Crippen molar-refractivity contribution < 1.29 is 13.6 Å². The van der Waals surface area contributed by atoms with Gasteiger partial charge < -0.3 is 11.1 Å². The van der Waals surface area contributed by atoms with Crippen molar-refractivity contribution in [2.24, 2.45) is 0 Å². The van der Waals surface area contributed by atoms with E-state index in [9.17, 15) is 13.6 Å². The number of hydrogen-bond donors (Lipinski definition) is 2. The standard InChI is InChI=1S/C15H14F2N2O/c1-9(10-3-2-4-12(18)7-10)19-15(20)13-6-5-11(16)8-14(13)17/h2-9H,18H2,1H3,(H,19,20). The highest BCUT2D eigenvalue weighted by Gasteiger charge is 2.15. The quantitative estimate of drug-likeness (QED) is 0.847. The molecule has 1 amide bonds. The average Bonchev–Trinajstić information content (AvgIpc) is 2.38. The first-order valence-corrected chi connectivity index (χ1v) is 6.08. The third-order valence-electron chi connectivity index (χ3n) is 2.93. The molecule has 3 nitrogen and oxygen atoms in total. The van der Waals surface area contributed by atoms with E-state index < -0.39 is 17.5 Å². The molecule has 0 heterocycles. The van der Waals surface area contributed by atoms with Crippen molar-refractivity contribution in [2.45, 2.75) is 13.0 Å². The summed E-state index contributed by atoms with van der Waals surface area (Å²) in [6.07, 6.45) is 0. The molecule has 1 atom stereocenters. The number of nitrogens with two attached hydrogens (primary N) is 1. The molecule has 0 aliphatic carbocycles. The number of carbonyl (C=O) groups excluding carboxylic acids is 1. The van der Waals surface area contributed by atoms with Gasteiger partial charge in [0.1, 0.15) is 11.6 Å². The first-order chi connectivity index (χ1) is 9.47. The number of amides is 1. The van der Waals surface area contributed by atoms with Crippen molar-refractivity contribution in [3.63, 3.8) is 0 Å². The van der Waals surface area contributed by atoms with Gasteiger partial charge in [-0.1, -0.05) is 12.1 Å². The van der Waals surface area contributed by atoms with E-state index in [2.05, 4.69) is 5.32 Å². The Balaban J connectivity index is 2.15. The fraction of sp³-hybridized carbons (Fsp3) is 0.133. The summed E-state index contributed by atoms with van der Waals surface area (Å²) >= 11 is 0. The zero-order valence-corrected chi connectivity index (χ0v) is 10.9. The summed E-state index contributed by atoms with van der Waals surface area (Å²) in [6.45, 7) is 1.76. The summed E-state index contributed by atoms with van der Waals surface area (Å²) in [5, 5.41) is 2.64. The minimum absolute atomic E-state index is 0.192. The number of benzene rings is 2. The number of nitrogen functional groups attached to an aromatic ring is 1. The van der Waals surface area contributed by atoms with E-state index in [1.54, 1.807) is 25.1 Å². The smallest absolute Gasteiger partial charge is 0.254 e. The van der Waals surface area contributed by atoms with Gasteiger partial charge >= 0.3 is 0 Å². The molecule has 0 aliphatic rings. The van der Waals surface area contributed by atoms with Crippen molar-refractivity contribution in [1.29, 1.82) is 0 Å². The van der Waals surface area contributed by atoms with Crippen LogP contribution in [-0.4, -0.2) is 5.91 Å². The summed E-state index contributed by atoms with van der Waals surface area (Å²) in [7, 11) is 0. The molecule has 5 heteroatoms. The summed E-state index contributed by atoms with van der Waals surface area (Å²) < 4.78 is 26.3. The number of nitrogens with one attached hydrogen (secondary N) is 1. The third-order valence-corrected chi connectivity index (χ3v) is 2.93. The molecule has 0 saturated heterocycles. The molecular formula is C15H14F2N2O. The van der Waals surface area contributed by atoms with Gasteiger partial charge in [-0.15, -0.1) is 0 Å². The van der Waals surface area contributed by atoms with Crippen LogP contribution in [0.25, 0.3) is 0 Å². The highest BCUT2D eigenvalue weighted by Crippen LogP contribution is 2.17. The summed E-state index contributed by atoms with van der Waals surface area (Å²) in [5.74, 6) is -2.21. The first-order valence-electron chi connectivity index (χ1n) is 6.08. The Hall–Kier alpha value is -2.43. The minimum Gasteiger partial charge on any atom is -0.399 e. The second-order valence-electron chi connectivity index (χ2n) is 4.49. The van der Waals surface area contributed by atoms with Crippen LogP contribution in [0.4, 0.5) is 14.5 Å². The molecule has 0 aromatic heterocycles. The van der Waals surface area contributed by atoms with E-state index in [0.29, 0.717) is 11.8 Å². The predicted octanol–water partition coefficient (Wildman–Crippen LogP) is 3.04. The topological polar surface area (TPSA) is 55.1 Å². The Morgan fingerprint density at radius 2 is 1.95 bits per heavy atom. The maximum Gasteiger partial charge on any atom is 0.254 e. The van der Waals surface area contributed by atoms with Crippen LogP contribution >= 0.6 is 0 Å². The molecule has 104 valence electrons. The number of hydrogen-bond acceptors (Lipinski definition) is 2. The average molecular weight is 276 g/mol. The molecular weight excluding hydrogens is 262 g/mol. The number of halogens is 2. The summed E-state index contributed by atoms with van der Waals surface area (Å²) in [5.41, 5.74) is 6.86. The predicted molar refractivity (Wildman–Crippen MR) is 73.1 cm³/mol. The highest BCUT2D eigenvalue weighted by molar-refractivity contribution is 5.94. The van der Waals surface area contributed by atoms with Gasteiger partial charge in [0.25, 0.3) is 5.91 Å². The molecule has 2 aromatic rings. The highest BCUT2D eigenvalue weighted by atomic mass is 19.1. The second kappa shape index (κ2) is 5.69. The van der Waals surface area contributed by atoms with Gasteiger partial charge in [-0.05, 0) is 36.8 Å². The van der Waals surface area contributed by atoms with Gasteiger partial charge in [0.2, 0.25) is 0 Å². The normalized spacial score (nSPS) is 11.9. The molecule has 1 unspecified atom stereocenters. The maximum absolute atomic E-state index is 13.5. The molecule has 2 rings (SSSR count). The number of rotatable bonds is 3. The SMILES string of the molecule is CC(NC(=O)c1ccc(F)cc1F)c1cccc(N)c1. The van der Waals surface area contributed by atoms with E-state index in [1.165, 1.54) is 0 Å². The monoisotopic (exact) mass is 276 g/mol. The van der Waals surface area contributed by atoms with Gasteiger partial charge in [0.05, 0.1) is 11.6 Å². The molecule has 0 spiro atoms. The third kappa shape index (κ3) is 3.12. The van der Waals surface area contributed by atoms with Crippen LogP contribution in [0.15, 0.2) is 42.5 Å². The fourth-order valence-electron chi connectivity index (χ4n) is 1.86. The number of anilines is 1. The Morgan fingerprint density at radius 3 is 2.60 bits per heavy atom. The molecule has 0 bridgehead atoms. The van der Waals surface area contributed by atoms with Gasteiger partial charge in [-0.3, -0.25) is 4.79 Å². The maximum atomic E-state index is 13.5. The molecule has 20 heavy (non-hydrogen) atoms. The Bertz CT molecular complexity index is 644. The zero-order valence-electron chi connectivity index (χ0n) is 10.9. The van der Waals surface area contributed by atoms with E-state index in [0.717, 1.165) is 17.7 Å². The summed E-state index contributed by atoms with van der Waals surface area (Å²) in [6, 6.07) is 9.54. The molecule has 3 N–H and O–H groups in total. The van der Waals surface area contributed by atoms with E-state index in [1.807, 2.05) is 6.07 Å². The zero-order chi connectivity index (χ0) is 14.7. The van der Waals surface area contributed by atoms with Gasteiger partial charge in [-0.25, -0.2) is 8.78 Å². The van der Waals surface area contributed by atoms with Crippen LogP contribution in [0.3, 0.4) is 0 Å². The molecule has 0 fully saturated rings. The van der Waals surface area contributed by atoms with E-state index in [4.69, 9.17) is 5.73 Å². The van der Waals surface area contributed by atoms with Crippen molar-refractivity contribution in [2.75, 3.05) is 5.73 Å². The molecule has 0 aliphatic heterocycles. The van der Waals surface area contributed by atoms with Crippen LogP contribution in [0.5, 0.6) is 0 Å². The second-order valence-corrected chi connectivity index (χ2v) is 4.49. The van der Waals surface area contributed by atoms with Crippen molar-refractivity contribution >= 4 is 11.6 Å². The van der Waals surface area contributed by atoms with Gasteiger partial charge in [0.15, 0.2) is 0 Å².